The van der Waals surface area contributed by atoms with Crippen molar-refractivity contribution in [1.82, 2.24) is 10.3 Å². The Balaban J connectivity index is 1.53. The number of para-hydroxylation sites is 2. The lowest BCUT2D eigenvalue weighted by molar-refractivity contribution is 0.0951. The number of anilines is 2. The normalized spacial score (nSPS) is 10.9. The van der Waals surface area contributed by atoms with Gasteiger partial charge in [-0.05, 0) is 60.5 Å². The van der Waals surface area contributed by atoms with E-state index in [1.165, 1.54) is 12.1 Å². The Bertz CT molecular complexity index is 1490. The molecular formula is C27H24N4O4S. The largest absolute Gasteiger partial charge is 0.348 e. The minimum absolute atomic E-state index is 0.0125. The van der Waals surface area contributed by atoms with E-state index in [1.54, 1.807) is 86.0 Å². The van der Waals surface area contributed by atoms with E-state index in [0.29, 0.717) is 16.9 Å². The van der Waals surface area contributed by atoms with Crippen LogP contribution in [0, 0.1) is 6.92 Å². The van der Waals surface area contributed by atoms with Crippen LogP contribution < -0.4 is 15.4 Å². The predicted octanol–water partition coefficient (Wildman–Crippen LogP) is 4.37. The molecule has 0 aliphatic carbocycles. The van der Waals surface area contributed by atoms with Crippen LogP contribution in [0.1, 0.15) is 31.8 Å². The van der Waals surface area contributed by atoms with Crippen molar-refractivity contribution in [2.45, 2.75) is 18.4 Å². The van der Waals surface area contributed by atoms with Gasteiger partial charge in [-0.15, -0.1) is 0 Å². The number of nitrogens with zero attached hydrogens (tertiary/aromatic N) is 1. The molecule has 3 aromatic carbocycles. The number of sulfonamides is 1. The minimum atomic E-state index is -3.93. The molecule has 0 saturated heterocycles. The van der Waals surface area contributed by atoms with Gasteiger partial charge in [0.1, 0.15) is 0 Å². The van der Waals surface area contributed by atoms with Crippen LogP contribution in [-0.4, -0.2) is 25.2 Å². The third-order valence-electron chi connectivity index (χ3n) is 5.36. The van der Waals surface area contributed by atoms with Gasteiger partial charge in [-0.3, -0.25) is 19.3 Å². The van der Waals surface area contributed by atoms with E-state index in [1.807, 2.05) is 6.07 Å². The van der Waals surface area contributed by atoms with Crippen LogP contribution in [-0.2, 0) is 16.6 Å². The second-order valence-electron chi connectivity index (χ2n) is 8.00. The van der Waals surface area contributed by atoms with Crippen molar-refractivity contribution in [3.8, 4) is 0 Å². The molecule has 0 aliphatic heterocycles. The fraction of sp³-hybridized carbons (Fsp3) is 0.0741. The Morgan fingerprint density at radius 1 is 0.861 bits per heavy atom. The van der Waals surface area contributed by atoms with Gasteiger partial charge in [0.2, 0.25) is 0 Å². The van der Waals surface area contributed by atoms with Gasteiger partial charge in [-0.1, -0.05) is 42.5 Å². The van der Waals surface area contributed by atoms with E-state index in [2.05, 4.69) is 20.3 Å². The molecule has 2 amide bonds. The fourth-order valence-corrected chi connectivity index (χ4v) is 4.84. The highest BCUT2D eigenvalue weighted by Gasteiger charge is 2.20. The van der Waals surface area contributed by atoms with Crippen LogP contribution in [0.25, 0.3) is 0 Å². The Morgan fingerprint density at radius 3 is 2.36 bits per heavy atom. The maximum Gasteiger partial charge on any atom is 0.262 e. The summed E-state index contributed by atoms with van der Waals surface area (Å²) in [5, 5.41) is 5.54. The van der Waals surface area contributed by atoms with Crippen LogP contribution in [0.3, 0.4) is 0 Å². The standard InChI is InChI=1S/C27H24N4O4S/c1-19-13-14-21(16-25(19)36(34,35)31-22-9-3-2-4-10-22)26(32)30-24-12-6-5-11-23(24)27(33)29-18-20-8-7-15-28-17-20/h2-17,31H,18H2,1H3,(H,29,33)(H,30,32). The highest BCUT2D eigenvalue weighted by atomic mass is 32.2. The summed E-state index contributed by atoms with van der Waals surface area (Å²) in [4.78, 5) is 29.9. The number of carbonyl (C=O) groups is 2. The number of pyridine rings is 1. The van der Waals surface area contributed by atoms with E-state index in [0.717, 1.165) is 5.56 Å². The summed E-state index contributed by atoms with van der Waals surface area (Å²) in [6.07, 6.45) is 3.30. The van der Waals surface area contributed by atoms with E-state index in [9.17, 15) is 18.0 Å². The first kappa shape index (κ1) is 24.6. The number of nitrogens with one attached hydrogen (secondary N) is 3. The maximum absolute atomic E-state index is 13.1. The molecule has 0 saturated carbocycles. The number of hydrogen-bond acceptors (Lipinski definition) is 5. The van der Waals surface area contributed by atoms with Crippen LogP contribution in [0.2, 0.25) is 0 Å². The second-order valence-corrected chi connectivity index (χ2v) is 9.65. The zero-order chi connectivity index (χ0) is 25.5. The van der Waals surface area contributed by atoms with E-state index in [-0.39, 0.29) is 28.5 Å². The molecule has 0 fully saturated rings. The molecule has 182 valence electrons. The van der Waals surface area contributed by atoms with E-state index < -0.39 is 15.9 Å². The molecule has 1 aromatic heterocycles. The first-order valence-corrected chi connectivity index (χ1v) is 12.6. The first-order valence-electron chi connectivity index (χ1n) is 11.1. The average Bonchev–Trinajstić information content (AvgIpc) is 2.88. The van der Waals surface area contributed by atoms with Crippen LogP contribution >= 0.6 is 0 Å². The molecule has 4 aromatic rings. The van der Waals surface area contributed by atoms with Gasteiger partial charge in [0.05, 0.1) is 16.1 Å². The van der Waals surface area contributed by atoms with Crippen LogP contribution in [0.15, 0.2) is 102 Å². The van der Waals surface area contributed by atoms with Crippen molar-refractivity contribution < 1.29 is 18.0 Å². The topological polar surface area (TPSA) is 117 Å². The number of rotatable bonds is 8. The highest BCUT2D eigenvalue weighted by molar-refractivity contribution is 7.92. The summed E-state index contributed by atoms with van der Waals surface area (Å²) >= 11 is 0. The molecule has 0 atom stereocenters. The average molecular weight is 501 g/mol. The first-order chi connectivity index (χ1) is 17.3. The molecule has 36 heavy (non-hydrogen) atoms. The monoisotopic (exact) mass is 500 g/mol. The zero-order valence-corrected chi connectivity index (χ0v) is 20.2. The van der Waals surface area contributed by atoms with E-state index in [4.69, 9.17) is 0 Å². The molecule has 0 radical (unpaired) electrons. The lowest BCUT2D eigenvalue weighted by Gasteiger charge is -2.14. The Labute approximate surface area is 209 Å². The molecule has 3 N–H and O–H groups in total. The van der Waals surface area contributed by atoms with Gasteiger partial charge < -0.3 is 10.6 Å². The third kappa shape index (κ3) is 5.94. The fourth-order valence-electron chi connectivity index (χ4n) is 3.51. The van der Waals surface area contributed by atoms with Gasteiger partial charge >= 0.3 is 0 Å². The van der Waals surface area contributed by atoms with Crippen LogP contribution in [0.4, 0.5) is 11.4 Å². The maximum atomic E-state index is 13.1. The van der Waals surface area contributed by atoms with Gasteiger partial charge in [-0.2, -0.15) is 0 Å². The molecule has 1 heterocycles. The van der Waals surface area contributed by atoms with Crippen molar-refractivity contribution in [2.24, 2.45) is 0 Å². The quantitative estimate of drug-likeness (QED) is 0.332. The predicted molar refractivity (Wildman–Crippen MR) is 138 cm³/mol. The van der Waals surface area contributed by atoms with Crippen molar-refractivity contribution in [3.63, 3.8) is 0 Å². The van der Waals surface area contributed by atoms with Crippen molar-refractivity contribution >= 4 is 33.2 Å². The highest BCUT2D eigenvalue weighted by Crippen LogP contribution is 2.22. The van der Waals surface area contributed by atoms with Crippen molar-refractivity contribution in [3.05, 3.63) is 120 Å². The van der Waals surface area contributed by atoms with E-state index >= 15 is 0 Å². The smallest absolute Gasteiger partial charge is 0.262 e. The number of amides is 2. The summed E-state index contributed by atoms with van der Waals surface area (Å²) in [5.41, 5.74) is 2.46. The second kappa shape index (κ2) is 10.8. The molecule has 0 aliphatic rings. The molecular weight excluding hydrogens is 476 g/mol. The zero-order valence-electron chi connectivity index (χ0n) is 19.4. The summed E-state index contributed by atoms with van der Waals surface area (Å²) in [7, 11) is -3.93. The van der Waals surface area contributed by atoms with Gasteiger partial charge in [0.15, 0.2) is 0 Å². The number of aryl methyl sites for hydroxylation is 1. The molecule has 0 bridgehead atoms. The summed E-state index contributed by atoms with van der Waals surface area (Å²) < 4.78 is 28.5. The Hall–Kier alpha value is -4.50. The molecule has 9 heteroatoms. The summed E-state index contributed by atoms with van der Waals surface area (Å²) in [6, 6.07) is 23.2. The number of benzene rings is 3. The molecule has 4 rings (SSSR count). The third-order valence-corrected chi connectivity index (χ3v) is 6.88. The SMILES string of the molecule is Cc1ccc(C(=O)Nc2ccccc2C(=O)NCc2cccnc2)cc1S(=O)(=O)Nc1ccccc1. The number of carbonyl (C=O) groups excluding carboxylic acids is 2. The van der Waals surface area contributed by atoms with Gasteiger partial charge in [-0.25, -0.2) is 8.42 Å². The summed E-state index contributed by atoms with van der Waals surface area (Å²) in [5.74, 6) is -0.910. The van der Waals surface area contributed by atoms with Crippen molar-refractivity contribution in [1.29, 1.82) is 0 Å². The lowest BCUT2D eigenvalue weighted by Crippen LogP contribution is -2.25. The number of aromatic nitrogens is 1. The number of hydrogen-bond donors (Lipinski definition) is 3. The molecule has 0 unspecified atom stereocenters. The Morgan fingerprint density at radius 2 is 1.61 bits per heavy atom. The lowest BCUT2D eigenvalue weighted by atomic mass is 10.1. The minimum Gasteiger partial charge on any atom is -0.348 e. The van der Waals surface area contributed by atoms with Crippen LogP contribution in [0.5, 0.6) is 0 Å². The van der Waals surface area contributed by atoms with Gasteiger partial charge in [0.25, 0.3) is 21.8 Å². The Kier molecular flexibility index (Phi) is 7.41. The van der Waals surface area contributed by atoms with Gasteiger partial charge in [0, 0.05) is 30.2 Å². The van der Waals surface area contributed by atoms with Crippen molar-refractivity contribution in [2.75, 3.05) is 10.0 Å². The molecule has 8 nitrogen and oxygen atoms in total. The summed E-state index contributed by atoms with van der Waals surface area (Å²) in [6.45, 7) is 1.94. The molecule has 0 spiro atoms.